The van der Waals surface area contributed by atoms with Crippen LogP contribution in [0.5, 0.6) is 0 Å². The van der Waals surface area contributed by atoms with E-state index in [-0.39, 0.29) is 11.5 Å². The van der Waals surface area contributed by atoms with E-state index >= 15 is 0 Å². The Kier molecular flexibility index (Phi) is 4.32. The summed E-state index contributed by atoms with van der Waals surface area (Å²) in [6, 6.07) is 11.4. The average Bonchev–Trinajstić information content (AvgIpc) is 2.49. The van der Waals surface area contributed by atoms with Crippen LogP contribution in [0.3, 0.4) is 0 Å². The number of aryl methyl sites for hydroxylation is 1. The van der Waals surface area contributed by atoms with E-state index in [1.165, 1.54) is 10.6 Å². The van der Waals surface area contributed by atoms with Crippen LogP contribution in [0.4, 0.5) is 5.69 Å². The van der Waals surface area contributed by atoms with E-state index in [4.69, 9.17) is 5.73 Å². The lowest BCUT2D eigenvalue weighted by atomic mass is 10.1. The Morgan fingerprint density at radius 3 is 2.60 bits per heavy atom. The van der Waals surface area contributed by atoms with Crippen LogP contribution in [0.2, 0.25) is 0 Å². The number of aromatic nitrogens is 1. The first-order valence-corrected chi connectivity index (χ1v) is 6.43. The van der Waals surface area contributed by atoms with Crippen molar-refractivity contribution in [1.82, 2.24) is 4.57 Å². The number of benzene rings is 1. The molecule has 1 atom stereocenters. The molecular weight excluding hydrogens is 254 g/mol. The van der Waals surface area contributed by atoms with Gasteiger partial charge in [-0.15, -0.1) is 0 Å². The molecule has 3 N–H and O–H groups in total. The van der Waals surface area contributed by atoms with Gasteiger partial charge in [0.15, 0.2) is 0 Å². The Labute approximate surface area is 117 Å². The molecule has 1 aromatic heterocycles. The van der Waals surface area contributed by atoms with Gasteiger partial charge in [0.05, 0.1) is 5.69 Å². The highest BCUT2D eigenvalue weighted by Gasteiger charge is 2.15. The summed E-state index contributed by atoms with van der Waals surface area (Å²) < 4.78 is 1.52. The number of hydrogen-bond donors (Lipinski definition) is 2. The highest BCUT2D eigenvalue weighted by molar-refractivity contribution is 5.95. The van der Waals surface area contributed by atoms with Gasteiger partial charge in [-0.25, -0.2) is 0 Å². The van der Waals surface area contributed by atoms with Gasteiger partial charge in [0, 0.05) is 18.8 Å². The maximum absolute atomic E-state index is 12.1. The van der Waals surface area contributed by atoms with E-state index in [1.807, 2.05) is 25.1 Å². The number of nitrogens with zero attached hydrogens (tertiary/aromatic N) is 1. The number of nitrogens with one attached hydrogen (secondary N) is 1. The zero-order valence-electron chi connectivity index (χ0n) is 11.2. The summed E-state index contributed by atoms with van der Waals surface area (Å²) in [4.78, 5) is 23.5. The second-order valence-corrected chi connectivity index (χ2v) is 4.42. The second-order valence-electron chi connectivity index (χ2n) is 4.42. The Balaban J connectivity index is 2.14. The molecule has 1 heterocycles. The van der Waals surface area contributed by atoms with Gasteiger partial charge in [0.25, 0.3) is 5.56 Å². The highest BCUT2D eigenvalue weighted by Crippen LogP contribution is 2.12. The number of rotatable bonds is 4. The zero-order chi connectivity index (χ0) is 14.5. The number of anilines is 1. The van der Waals surface area contributed by atoms with Crippen LogP contribution in [0.25, 0.3) is 0 Å². The van der Waals surface area contributed by atoms with Crippen molar-refractivity contribution in [3.63, 3.8) is 0 Å². The fourth-order valence-corrected chi connectivity index (χ4v) is 1.88. The van der Waals surface area contributed by atoms with Crippen molar-refractivity contribution in [3.05, 3.63) is 64.6 Å². The Morgan fingerprint density at radius 2 is 1.95 bits per heavy atom. The van der Waals surface area contributed by atoms with Gasteiger partial charge in [-0.3, -0.25) is 9.59 Å². The largest absolute Gasteiger partial charge is 0.323 e. The molecule has 0 aliphatic heterocycles. The summed E-state index contributed by atoms with van der Waals surface area (Å²) in [5.41, 5.74) is 7.11. The third-order valence-electron chi connectivity index (χ3n) is 3.03. The second kappa shape index (κ2) is 6.16. The fraction of sp³-hybridized carbons (Fsp3) is 0.200. The van der Waals surface area contributed by atoms with Crippen molar-refractivity contribution in [2.45, 2.75) is 19.5 Å². The summed E-state index contributed by atoms with van der Waals surface area (Å²) in [6.45, 7) is 2.41. The third-order valence-corrected chi connectivity index (χ3v) is 3.03. The maximum atomic E-state index is 12.1. The average molecular weight is 271 g/mol. The van der Waals surface area contributed by atoms with Crippen LogP contribution >= 0.6 is 0 Å². The molecule has 0 spiro atoms. The SMILES string of the molecule is CCn1cc(NC(=O)[C@H](N)c2ccccc2)ccc1=O. The van der Waals surface area contributed by atoms with Crippen molar-refractivity contribution in [2.75, 3.05) is 5.32 Å². The first-order valence-electron chi connectivity index (χ1n) is 6.43. The minimum Gasteiger partial charge on any atom is -0.323 e. The number of carbonyl (C=O) groups excluding carboxylic acids is 1. The number of amides is 1. The van der Waals surface area contributed by atoms with Crippen molar-refractivity contribution in [2.24, 2.45) is 5.73 Å². The Hall–Kier alpha value is -2.40. The molecule has 0 saturated heterocycles. The van der Waals surface area contributed by atoms with Crippen molar-refractivity contribution >= 4 is 11.6 Å². The molecule has 0 aliphatic carbocycles. The standard InChI is InChI=1S/C15H17N3O2/c1-2-18-10-12(8-9-13(18)19)17-15(20)14(16)11-6-4-3-5-7-11/h3-10,14H,2,16H2,1H3,(H,17,20)/t14-/m1/s1. The number of pyridine rings is 1. The molecule has 0 radical (unpaired) electrons. The van der Waals surface area contributed by atoms with Gasteiger partial charge >= 0.3 is 0 Å². The molecule has 1 amide bonds. The first kappa shape index (κ1) is 14.0. The van der Waals surface area contributed by atoms with E-state index in [0.717, 1.165) is 5.56 Å². The molecule has 20 heavy (non-hydrogen) atoms. The minimum absolute atomic E-state index is 0.0992. The molecule has 104 valence electrons. The lowest BCUT2D eigenvalue weighted by Gasteiger charge is -2.13. The zero-order valence-corrected chi connectivity index (χ0v) is 11.2. The van der Waals surface area contributed by atoms with Crippen molar-refractivity contribution in [3.8, 4) is 0 Å². The quantitative estimate of drug-likeness (QED) is 0.884. The molecule has 2 rings (SSSR count). The summed E-state index contributed by atoms with van der Waals surface area (Å²) in [5, 5.41) is 2.72. The number of hydrogen-bond acceptors (Lipinski definition) is 3. The molecule has 5 nitrogen and oxygen atoms in total. The highest BCUT2D eigenvalue weighted by atomic mass is 16.2. The maximum Gasteiger partial charge on any atom is 0.250 e. The van der Waals surface area contributed by atoms with Crippen LogP contribution in [0.15, 0.2) is 53.5 Å². The van der Waals surface area contributed by atoms with Gasteiger partial charge in [-0.1, -0.05) is 30.3 Å². The first-order chi connectivity index (χ1) is 9.61. The van der Waals surface area contributed by atoms with E-state index in [2.05, 4.69) is 5.32 Å². The third kappa shape index (κ3) is 3.13. The molecule has 2 aromatic rings. The lowest BCUT2D eigenvalue weighted by Crippen LogP contribution is -2.28. The van der Waals surface area contributed by atoms with E-state index in [9.17, 15) is 9.59 Å². The van der Waals surface area contributed by atoms with Crippen LogP contribution in [0, 0.1) is 0 Å². The summed E-state index contributed by atoms with van der Waals surface area (Å²) >= 11 is 0. The van der Waals surface area contributed by atoms with Gasteiger partial charge in [0.2, 0.25) is 5.91 Å². The smallest absolute Gasteiger partial charge is 0.250 e. The van der Waals surface area contributed by atoms with Gasteiger partial charge in [-0.05, 0) is 18.6 Å². The van der Waals surface area contributed by atoms with Gasteiger partial charge in [-0.2, -0.15) is 0 Å². The molecule has 1 aromatic carbocycles. The molecule has 0 fully saturated rings. The van der Waals surface area contributed by atoms with Gasteiger partial charge < -0.3 is 15.6 Å². The monoisotopic (exact) mass is 271 g/mol. The van der Waals surface area contributed by atoms with E-state index in [1.54, 1.807) is 24.4 Å². The topological polar surface area (TPSA) is 77.1 Å². The molecule has 5 heteroatoms. The normalized spacial score (nSPS) is 11.9. The van der Waals surface area contributed by atoms with Gasteiger partial charge in [0.1, 0.15) is 6.04 Å². The number of carbonyl (C=O) groups is 1. The van der Waals surface area contributed by atoms with Crippen LogP contribution in [0.1, 0.15) is 18.5 Å². The Morgan fingerprint density at radius 1 is 1.25 bits per heavy atom. The van der Waals surface area contributed by atoms with Crippen LogP contribution < -0.4 is 16.6 Å². The van der Waals surface area contributed by atoms with Crippen LogP contribution in [-0.4, -0.2) is 10.5 Å². The summed E-state index contributed by atoms with van der Waals surface area (Å²) in [6.07, 6.45) is 1.61. The fourth-order valence-electron chi connectivity index (χ4n) is 1.88. The molecule has 0 unspecified atom stereocenters. The van der Waals surface area contributed by atoms with Crippen molar-refractivity contribution < 1.29 is 4.79 Å². The van der Waals surface area contributed by atoms with E-state index in [0.29, 0.717) is 12.2 Å². The number of nitrogens with two attached hydrogens (primary N) is 1. The Bertz CT molecular complexity index is 650. The van der Waals surface area contributed by atoms with Crippen LogP contribution in [-0.2, 0) is 11.3 Å². The molecule has 0 saturated carbocycles. The summed E-state index contributed by atoms with van der Waals surface area (Å²) in [7, 11) is 0. The van der Waals surface area contributed by atoms with Crippen molar-refractivity contribution in [1.29, 1.82) is 0 Å². The lowest BCUT2D eigenvalue weighted by molar-refractivity contribution is -0.117. The molecular formula is C15H17N3O2. The summed E-state index contributed by atoms with van der Waals surface area (Å²) in [5.74, 6) is -0.308. The molecule has 0 bridgehead atoms. The predicted octanol–water partition coefficient (Wildman–Crippen LogP) is 1.51. The molecule has 0 aliphatic rings. The predicted molar refractivity (Wildman–Crippen MR) is 78.4 cm³/mol. The van der Waals surface area contributed by atoms with E-state index < -0.39 is 6.04 Å². The minimum atomic E-state index is -0.738.